The average Bonchev–Trinajstić information content (AvgIpc) is 3.27. The van der Waals surface area contributed by atoms with Gasteiger partial charge in [-0.3, -0.25) is 9.79 Å². The van der Waals surface area contributed by atoms with Gasteiger partial charge in [-0.15, -0.1) is 24.0 Å². The van der Waals surface area contributed by atoms with Crippen LogP contribution in [0.2, 0.25) is 0 Å². The number of nitrogens with one attached hydrogen (secondary N) is 3. The molecule has 0 aliphatic carbocycles. The molecule has 3 aromatic rings. The Balaban J connectivity index is 0.00000320. The predicted molar refractivity (Wildman–Crippen MR) is 127 cm³/mol. The molecule has 0 saturated carbocycles. The molecule has 0 aliphatic heterocycles. The molecule has 8 heteroatoms. The number of rotatable bonds is 6. The van der Waals surface area contributed by atoms with E-state index in [2.05, 4.69) is 20.9 Å². The maximum Gasteiger partial charge on any atom is 0.291 e. The Morgan fingerprint density at radius 2 is 1.70 bits per heavy atom. The second-order valence-corrected chi connectivity index (χ2v) is 6.49. The quantitative estimate of drug-likeness (QED) is 0.254. The molecule has 0 unspecified atom stereocenters. The summed E-state index contributed by atoms with van der Waals surface area (Å²) in [6.07, 6.45) is 1.46. The molecule has 1 aromatic heterocycles. The average molecular weight is 522 g/mol. The summed E-state index contributed by atoms with van der Waals surface area (Å²) >= 11 is 0. The SMILES string of the molecule is CN=C(NCc1ccc(NC(=O)c2ccco2)cc1)NCc1ccc(F)c(C)c1.I. The summed E-state index contributed by atoms with van der Waals surface area (Å²) in [7, 11) is 1.69. The van der Waals surface area contributed by atoms with E-state index in [1.807, 2.05) is 30.3 Å². The van der Waals surface area contributed by atoms with Gasteiger partial charge in [0.1, 0.15) is 5.82 Å². The van der Waals surface area contributed by atoms with E-state index in [4.69, 9.17) is 4.42 Å². The van der Waals surface area contributed by atoms with E-state index < -0.39 is 0 Å². The molecule has 0 aliphatic rings. The van der Waals surface area contributed by atoms with Crippen molar-refractivity contribution in [1.82, 2.24) is 10.6 Å². The van der Waals surface area contributed by atoms with Gasteiger partial charge in [-0.25, -0.2) is 4.39 Å². The number of hydrogen-bond donors (Lipinski definition) is 3. The number of nitrogens with zero attached hydrogens (tertiary/aromatic N) is 1. The van der Waals surface area contributed by atoms with Crippen molar-refractivity contribution in [3.8, 4) is 0 Å². The number of aliphatic imine (C=N–C) groups is 1. The van der Waals surface area contributed by atoms with Crippen LogP contribution < -0.4 is 16.0 Å². The Bertz CT molecular complexity index is 989. The number of guanidine groups is 1. The van der Waals surface area contributed by atoms with Crippen molar-refractivity contribution in [3.05, 3.63) is 89.1 Å². The van der Waals surface area contributed by atoms with Crippen LogP contribution in [0.25, 0.3) is 0 Å². The van der Waals surface area contributed by atoms with Gasteiger partial charge in [-0.05, 0) is 53.9 Å². The fourth-order valence-corrected chi connectivity index (χ4v) is 2.72. The van der Waals surface area contributed by atoms with Gasteiger partial charge >= 0.3 is 0 Å². The molecule has 0 fully saturated rings. The first-order valence-corrected chi connectivity index (χ1v) is 9.18. The number of hydrogen-bond acceptors (Lipinski definition) is 3. The van der Waals surface area contributed by atoms with E-state index in [1.54, 1.807) is 32.2 Å². The number of carbonyl (C=O) groups excluding carboxylic acids is 1. The lowest BCUT2D eigenvalue weighted by Gasteiger charge is -2.13. The van der Waals surface area contributed by atoms with Crippen molar-refractivity contribution in [1.29, 1.82) is 0 Å². The highest BCUT2D eigenvalue weighted by molar-refractivity contribution is 14.0. The first-order valence-electron chi connectivity index (χ1n) is 9.18. The van der Waals surface area contributed by atoms with Crippen LogP contribution in [0.1, 0.15) is 27.2 Å². The molecule has 3 rings (SSSR count). The normalized spacial score (nSPS) is 10.8. The zero-order valence-corrected chi connectivity index (χ0v) is 19.1. The van der Waals surface area contributed by atoms with Crippen LogP contribution in [0.4, 0.5) is 10.1 Å². The predicted octanol–water partition coefficient (Wildman–Crippen LogP) is 4.46. The third kappa shape index (κ3) is 6.58. The summed E-state index contributed by atoms with van der Waals surface area (Å²) < 4.78 is 18.4. The van der Waals surface area contributed by atoms with Crippen molar-refractivity contribution < 1.29 is 13.6 Å². The standard InChI is InChI=1S/C22H23FN4O2.HI/c1-15-12-17(7-10-19(15)23)14-26-22(24-2)25-13-16-5-8-18(9-6-16)27-21(28)20-4-3-11-29-20;/h3-12H,13-14H2,1-2H3,(H,27,28)(H2,24,25,26);1H. The van der Waals surface area contributed by atoms with Crippen LogP contribution in [-0.2, 0) is 13.1 Å². The van der Waals surface area contributed by atoms with Crippen LogP contribution in [0.15, 0.2) is 70.3 Å². The minimum absolute atomic E-state index is 0. The second kappa shape index (κ2) is 11.3. The molecule has 0 atom stereocenters. The summed E-state index contributed by atoms with van der Waals surface area (Å²) in [6, 6.07) is 15.8. The zero-order valence-electron chi connectivity index (χ0n) is 16.7. The van der Waals surface area contributed by atoms with Crippen LogP contribution in [0.3, 0.4) is 0 Å². The lowest BCUT2D eigenvalue weighted by Crippen LogP contribution is -2.36. The van der Waals surface area contributed by atoms with Crippen LogP contribution in [0.5, 0.6) is 0 Å². The highest BCUT2D eigenvalue weighted by atomic mass is 127. The van der Waals surface area contributed by atoms with Gasteiger partial charge in [0.2, 0.25) is 0 Å². The highest BCUT2D eigenvalue weighted by Gasteiger charge is 2.08. The first kappa shape index (κ1) is 23.4. The van der Waals surface area contributed by atoms with Crippen LogP contribution in [-0.4, -0.2) is 18.9 Å². The first-order chi connectivity index (χ1) is 14.0. The summed E-state index contributed by atoms with van der Waals surface area (Å²) in [5.74, 6) is 0.408. The minimum Gasteiger partial charge on any atom is -0.459 e. The fraction of sp³-hybridized carbons (Fsp3) is 0.182. The van der Waals surface area contributed by atoms with Crippen molar-refractivity contribution in [3.63, 3.8) is 0 Å². The van der Waals surface area contributed by atoms with E-state index in [9.17, 15) is 9.18 Å². The monoisotopic (exact) mass is 522 g/mol. The number of furan rings is 1. The molecule has 2 aromatic carbocycles. The maximum absolute atomic E-state index is 13.4. The van der Waals surface area contributed by atoms with Gasteiger partial charge in [0, 0.05) is 25.8 Å². The lowest BCUT2D eigenvalue weighted by molar-refractivity contribution is 0.0996. The van der Waals surface area contributed by atoms with Gasteiger partial charge < -0.3 is 20.4 Å². The number of benzene rings is 2. The van der Waals surface area contributed by atoms with Crippen LogP contribution >= 0.6 is 24.0 Å². The largest absolute Gasteiger partial charge is 0.459 e. The molecular formula is C22H24FIN4O2. The zero-order chi connectivity index (χ0) is 20.6. The third-order valence-electron chi connectivity index (χ3n) is 4.32. The Hall–Kier alpha value is -2.88. The lowest BCUT2D eigenvalue weighted by atomic mass is 10.1. The maximum atomic E-state index is 13.4. The third-order valence-corrected chi connectivity index (χ3v) is 4.32. The van der Waals surface area contributed by atoms with E-state index in [1.165, 1.54) is 12.3 Å². The number of anilines is 1. The van der Waals surface area contributed by atoms with Crippen molar-refractivity contribution >= 4 is 41.5 Å². The molecule has 6 nitrogen and oxygen atoms in total. The number of amides is 1. The van der Waals surface area contributed by atoms with Gasteiger partial charge in [0.05, 0.1) is 6.26 Å². The van der Waals surface area contributed by atoms with Crippen molar-refractivity contribution in [2.75, 3.05) is 12.4 Å². The van der Waals surface area contributed by atoms with E-state index in [0.29, 0.717) is 30.3 Å². The van der Waals surface area contributed by atoms with E-state index in [-0.39, 0.29) is 41.5 Å². The Morgan fingerprint density at radius 1 is 1.03 bits per heavy atom. The smallest absolute Gasteiger partial charge is 0.291 e. The molecule has 0 bridgehead atoms. The summed E-state index contributed by atoms with van der Waals surface area (Å²) in [5.41, 5.74) is 3.31. The topological polar surface area (TPSA) is 78.7 Å². The molecule has 1 heterocycles. The Labute approximate surface area is 192 Å². The summed E-state index contributed by atoms with van der Waals surface area (Å²) in [5, 5.41) is 9.21. The van der Waals surface area contributed by atoms with Gasteiger partial charge in [-0.2, -0.15) is 0 Å². The van der Waals surface area contributed by atoms with Gasteiger partial charge in [0.15, 0.2) is 11.7 Å². The Kier molecular flexibility index (Phi) is 8.85. The van der Waals surface area contributed by atoms with E-state index >= 15 is 0 Å². The molecule has 30 heavy (non-hydrogen) atoms. The minimum atomic E-state index is -0.290. The van der Waals surface area contributed by atoms with Gasteiger partial charge in [-0.1, -0.05) is 24.3 Å². The van der Waals surface area contributed by atoms with Crippen LogP contribution in [0, 0.1) is 12.7 Å². The molecule has 0 saturated heterocycles. The van der Waals surface area contributed by atoms with Gasteiger partial charge in [0.25, 0.3) is 5.91 Å². The molecule has 0 spiro atoms. The van der Waals surface area contributed by atoms with Crippen molar-refractivity contribution in [2.45, 2.75) is 20.0 Å². The second-order valence-electron chi connectivity index (χ2n) is 6.49. The number of carbonyl (C=O) groups is 1. The number of aryl methyl sites for hydroxylation is 1. The summed E-state index contributed by atoms with van der Waals surface area (Å²) in [6.45, 7) is 2.85. The highest BCUT2D eigenvalue weighted by Crippen LogP contribution is 2.12. The molecular weight excluding hydrogens is 498 g/mol. The molecule has 3 N–H and O–H groups in total. The van der Waals surface area contributed by atoms with Crippen molar-refractivity contribution in [2.24, 2.45) is 4.99 Å². The summed E-state index contributed by atoms with van der Waals surface area (Å²) in [4.78, 5) is 16.2. The van der Waals surface area contributed by atoms with E-state index in [0.717, 1.165) is 11.1 Å². The number of halogens is 2. The molecule has 158 valence electrons. The molecule has 0 radical (unpaired) electrons. The fourth-order valence-electron chi connectivity index (χ4n) is 2.72. The molecule has 1 amide bonds. The Morgan fingerprint density at radius 3 is 2.30 bits per heavy atom.